The van der Waals surface area contributed by atoms with Crippen molar-refractivity contribution in [1.29, 1.82) is 0 Å². The zero-order valence-electron chi connectivity index (χ0n) is 16.2. The maximum absolute atomic E-state index is 13.1. The van der Waals surface area contributed by atoms with E-state index in [4.69, 9.17) is 0 Å². The number of carbonyl (C=O) groups excluding carboxylic acids is 1. The van der Waals surface area contributed by atoms with Gasteiger partial charge in [-0.05, 0) is 37.0 Å². The Morgan fingerprint density at radius 1 is 1.22 bits per heavy atom. The zero-order valence-corrected chi connectivity index (χ0v) is 16.2. The van der Waals surface area contributed by atoms with Crippen LogP contribution in [0.25, 0.3) is 5.57 Å². The van der Waals surface area contributed by atoms with Gasteiger partial charge in [0.05, 0.1) is 11.9 Å². The fraction of sp³-hybridized carbons (Fsp3) is 0.429. The number of nitrogens with one attached hydrogen (secondary N) is 1. The summed E-state index contributed by atoms with van der Waals surface area (Å²) in [6, 6.07) is 0.450. The van der Waals surface area contributed by atoms with Crippen LogP contribution < -0.4 is 5.32 Å². The first-order valence-corrected chi connectivity index (χ1v) is 9.63. The number of allylic oxidation sites excluding steroid dienone is 4. The van der Waals surface area contributed by atoms with Gasteiger partial charge in [-0.1, -0.05) is 13.0 Å². The summed E-state index contributed by atoms with van der Waals surface area (Å²) in [5, 5.41) is 7.73. The molecule has 0 spiro atoms. The monoisotopic (exact) mass is 365 g/mol. The highest BCUT2D eigenvalue weighted by Gasteiger charge is 2.25. The van der Waals surface area contributed by atoms with Crippen molar-refractivity contribution >= 4 is 11.5 Å². The van der Waals surface area contributed by atoms with Gasteiger partial charge in [0, 0.05) is 62.5 Å². The summed E-state index contributed by atoms with van der Waals surface area (Å²) < 4.78 is 1.78. The van der Waals surface area contributed by atoms with Crippen molar-refractivity contribution in [2.45, 2.75) is 26.3 Å². The van der Waals surface area contributed by atoms with Crippen LogP contribution >= 0.6 is 0 Å². The third-order valence-corrected chi connectivity index (χ3v) is 5.46. The number of hydrogen-bond acceptors (Lipinski definition) is 4. The fourth-order valence-electron chi connectivity index (χ4n) is 3.92. The van der Waals surface area contributed by atoms with Crippen molar-refractivity contribution in [1.82, 2.24) is 24.9 Å². The SMILES string of the molecule is CC1CN(C2=CN3C(=O)C=C(c4cnn(C)c4)C(C)CC=C3C=C2)CCN1. The van der Waals surface area contributed by atoms with E-state index in [-0.39, 0.29) is 11.8 Å². The Bertz CT molecular complexity index is 860. The van der Waals surface area contributed by atoms with Gasteiger partial charge >= 0.3 is 0 Å². The second-order valence-corrected chi connectivity index (χ2v) is 7.66. The van der Waals surface area contributed by atoms with Gasteiger partial charge in [0.15, 0.2) is 0 Å². The highest BCUT2D eigenvalue weighted by Crippen LogP contribution is 2.31. The Morgan fingerprint density at radius 3 is 2.78 bits per heavy atom. The summed E-state index contributed by atoms with van der Waals surface area (Å²) >= 11 is 0. The van der Waals surface area contributed by atoms with Crippen LogP contribution in [0.4, 0.5) is 0 Å². The summed E-state index contributed by atoms with van der Waals surface area (Å²) in [4.78, 5) is 17.2. The van der Waals surface area contributed by atoms with Crippen molar-refractivity contribution in [3.8, 4) is 0 Å². The molecular formula is C21H27N5O. The highest BCUT2D eigenvalue weighted by molar-refractivity contribution is 5.98. The molecule has 0 aliphatic carbocycles. The van der Waals surface area contributed by atoms with E-state index in [0.29, 0.717) is 6.04 Å². The van der Waals surface area contributed by atoms with Gasteiger partial charge in [0.2, 0.25) is 0 Å². The predicted molar refractivity (Wildman–Crippen MR) is 106 cm³/mol. The molecule has 1 aromatic heterocycles. The average Bonchev–Trinajstić information content (AvgIpc) is 3.09. The van der Waals surface area contributed by atoms with E-state index in [0.717, 1.165) is 48.6 Å². The standard InChI is InChI=1S/C21H27N5O/c1-15-4-5-18-6-7-19(25-9-8-22-16(2)12-25)14-26(18)21(27)10-20(15)17-11-23-24(3)13-17/h5-7,10-11,13-16,22H,4,8-9,12H2,1-3H3. The number of aryl methyl sites for hydroxylation is 1. The summed E-state index contributed by atoms with van der Waals surface area (Å²) in [5.41, 5.74) is 4.12. The van der Waals surface area contributed by atoms with E-state index in [9.17, 15) is 4.79 Å². The van der Waals surface area contributed by atoms with Crippen LogP contribution in [0, 0.1) is 5.92 Å². The summed E-state index contributed by atoms with van der Waals surface area (Å²) in [7, 11) is 1.90. The molecule has 0 bridgehead atoms. The van der Waals surface area contributed by atoms with Crippen LogP contribution in [0.1, 0.15) is 25.8 Å². The van der Waals surface area contributed by atoms with E-state index < -0.39 is 0 Å². The molecule has 0 radical (unpaired) electrons. The molecule has 2 unspecified atom stereocenters. The summed E-state index contributed by atoms with van der Waals surface area (Å²) in [5.74, 6) is 0.261. The molecule has 6 nitrogen and oxygen atoms in total. The van der Waals surface area contributed by atoms with E-state index in [1.165, 1.54) is 0 Å². The van der Waals surface area contributed by atoms with Gasteiger partial charge in [0.1, 0.15) is 0 Å². The molecule has 0 aromatic carbocycles. The molecule has 27 heavy (non-hydrogen) atoms. The van der Waals surface area contributed by atoms with E-state index in [2.05, 4.69) is 47.4 Å². The zero-order chi connectivity index (χ0) is 19.0. The first kappa shape index (κ1) is 17.8. The largest absolute Gasteiger partial charge is 0.368 e. The topological polar surface area (TPSA) is 53.4 Å². The fourth-order valence-corrected chi connectivity index (χ4v) is 3.92. The van der Waals surface area contributed by atoms with Crippen molar-refractivity contribution in [2.75, 3.05) is 19.6 Å². The molecule has 4 rings (SSSR count). The van der Waals surface area contributed by atoms with Gasteiger partial charge in [-0.25, -0.2) is 0 Å². The number of nitrogens with zero attached hydrogens (tertiary/aromatic N) is 4. The lowest BCUT2D eigenvalue weighted by Gasteiger charge is -2.36. The van der Waals surface area contributed by atoms with Gasteiger partial charge in [-0.15, -0.1) is 0 Å². The summed E-state index contributed by atoms with van der Waals surface area (Å²) in [6.45, 7) is 7.22. The first-order chi connectivity index (χ1) is 13.0. The Balaban J connectivity index is 1.64. The van der Waals surface area contributed by atoms with Gasteiger partial charge < -0.3 is 10.2 Å². The van der Waals surface area contributed by atoms with Crippen LogP contribution in [0.5, 0.6) is 0 Å². The number of carbonyl (C=O) groups is 1. The van der Waals surface area contributed by atoms with Crippen molar-refractivity contribution in [3.63, 3.8) is 0 Å². The molecule has 1 saturated heterocycles. The number of piperazine rings is 1. The van der Waals surface area contributed by atoms with Crippen molar-refractivity contribution in [2.24, 2.45) is 13.0 Å². The lowest BCUT2D eigenvalue weighted by atomic mass is 9.91. The lowest BCUT2D eigenvalue weighted by molar-refractivity contribution is -0.122. The molecule has 1 aromatic rings. The Kier molecular flexibility index (Phi) is 4.74. The van der Waals surface area contributed by atoms with E-state index >= 15 is 0 Å². The van der Waals surface area contributed by atoms with Crippen LogP contribution in [0.15, 0.2) is 54.3 Å². The van der Waals surface area contributed by atoms with Crippen LogP contribution in [-0.2, 0) is 11.8 Å². The quantitative estimate of drug-likeness (QED) is 0.874. The maximum atomic E-state index is 13.1. The van der Waals surface area contributed by atoms with Gasteiger partial charge in [-0.3, -0.25) is 14.4 Å². The Labute approximate surface area is 160 Å². The van der Waals surface area contributed by atoms with Crippen molar-refractivity contribution in [3.05, 3.63) is 59.9 Å². The minimum atomic E-state index is -0.00307. The van der Waals surface area contributed by atoms with Gasteiger partial charge in [0.25, 0.3) is 5.91 Å². The lowest BCUT2D eigenvalue weighted by Crippen LogP contribution is -2.48. The Morgan fingerprint density at radius 2 is 2.04 bits per heavy atom. The Hall–Kier alpha value is -2.60. The molecule has 0 saturated carbocycles. The minimum absolute atomic E-state index is 0.00307. The van der Waals surface area contributed by atoms with Crippen LogP contribution in [-0.4, -0.2) is 51.2 Å². The smallest absolute Gasteiger partial charge is 0.255 e. The maximum Gasteiger partial charge on any atom is 0.255 e. The number of hydrogen-bond donors (Lipinski definition) is 1. The number of rotatable bonds is 2. The molecule has 142 valence electrons. The molecule has 1 fully saturated rings. The molecule has 3 aliphatic rings. The molecule has 3 aliphatic heterocycles. The van der Waals surface area contributed by atoms with E-state index in [1.54, 1.807) is 15.7 Å². The van der Waals surface area contributed by atoms with Crippen LogP contribution in [0.3, 0.4) is 0 Å². The number of fused-ring (bicyclic) bond motifs is 1. The second-order valence-electron chi connectivity index (χ2n) is 7.66. The first-order valence-electron chi connectivity index (χ1n) is 9.63. The molecule has 1 N–H and O–H groups in total. The third kappa shape index (κ3) is 3.62. The molecule has 4 heterocycles. The number of amides is 1. The molecule has 2 atom stereocenters. The number of aromatic nitrogens is 2. The highest BCUT2D eigenvalue weighted by atomic mass is 16.2. The molecule has 6 heteroatoms. The normalized spacial score (nSPS) is 26.0. The summed E-state index contributed by atoms with van der Waals surface area (Å²) in [6.07, 6.45) is 14.8. The van der Waals surface area contributed by atoms with Crippen LogP contribution in [0.2, 0.25) is 0 Å². The van der Waals surface area contributed by atoms with Crippen molar-refractivity contribution < 1.29 is 4.79 Å². The predicted octanol–water partition coefficient (Wildman–Crippen LogP) is 2.26. The minimum Gasteiger partial charge on any atom is -0.368 e. The van der Waals surface area contributed by atoms with E-state index in [1.807, 2.05) is 25.6 Å². The third-order valence-electron chi connectivity index (χ3n) is 5.46. The van der Waals surface area contributed by atoms with Gasteiger partial charge in [-0.2, -0.15) is 5.10 Å². The molecular weight excluding hydrogens is 338 g/mol. The second kappa shape index (κ2) is 7.19. The molecule has 1 amide bonds. The average molecular weight is 365 g/mol.